The van der Waals surface area contributed by atoms with E-state index in [0.29, 0.717) is 5.70 Å². The summed E-state index contributed by atoms with van der Waals surface area (Å²) in [5, 5.41) is 5.58. The van der Waals surface area contributed by atoms with E-state index in [1.807, 2.05) is 20.8 Å². The molecule has 0 aromatic rings. The van der Waals surface area contributed by atoms with Crippen LogP contribution in [0.5, 0.6) is 0 Å². The van der Waals surface area contributed by atoms with Crippen molar-refractivity contribution in [1.82, 2.24) is 10.2 Å². The van der Waals surface area contributed by atoms with Gasteiger partial charge in [-0.25, -0.2) is 0 Å². The molecule has 1 rings (SSSR count). The Labute approximate surface area is 101 Å². The topological polar surface area (TPSA) is 61.8 Å². The van der Waals surface area contributed by atoms with Crippen LogP contribution in [0.25, 0.3) is 0 Å². The molecule has 1 aliphatic heterocycles. The fraction of sp³-hybridized carbons (Fsp3) is 0.417. The van der Waals surface area contributed by atoms with Gasteiger partial charge in [0.25, 0.3) is 0 Å². The lowest BCUT2D eigenvalue weighted by Crippen LogP contribution is -2.44. The number of nitroso groups, excluding NO2 is 1. The fourth-order valence-corrected chi connectivity index (χ4v) is 1.42. The predicted molar refractivity (Wildman–Crippen MR) is 66.8 cm³/mol. The van der Waals surface area contributed by atoms with E-state index in [1.165, 1.54) is 6.20 Å². The molecule has 0 spiro atoms. The van der Waals surface area contributed by atoms with Crippen LogP contribution in [0.4, 0.5) is 0 Å². The second-order valence-electron chi connectivity index (χ2n) is 4.79. The standard InChI is InChI=1S/C12H17N3O2/c1-12(2,3)14-11(16)9-15-7-5-4-6-10(15)8-13-17/h4-8H,9H2,1-3H3,(H,14,16)/b10-8-. The average Bonchev–Trinajstić information content (AvgIpc) is 2.18. The number of rotatable bonds is 3. The summed E-state index contributed by atoms with van der Waals surface area (Å²) in [6.07, 6.45) is 8.23. The highest BCUT2D eigenvalue weighted by Crippen LogP contribution is 2.12. The Morgan fingerprint density at radius 3 is 2.76 bits per heavy atom. The van der Waals surface area contributed by atoms with Gasteiger partial charge in [-0.1, -0.05) is 6.08 Å². The minimum absolute atomic E-state index is 0.103. The maximum absolute atomic E-state index is 11.7. The highest BCUT2D eigenvalue weighted by Gasteiger charge is 2.17. The predicted octanol–water partition coefficient (Wildman–Crippen LogP) is 1.89. The minimum Gasteiger partial charge on any atom is -0.350 e. The van der Waals surface area contributed by atoms with Gasteiger partial charge in [0.1, 0.15) is 6.54 Å². The van der Waals surface area contributed by atoms with E-state index >= 15 is 0 Å². The van der Waals surface area contributed by atoms with Gasteiger partial charge in [-0.2, -0.15) is 0 Å². The number of allylic oxidation sites excluding steroid dienone is 3. The molecule has 1 aliphatic rings. The first kappa shape index (κ1) is 13.2. The highest BCUT2D eigenvalue weighted by molar-refractivity contribution is 5.79. The molecule has 0 atom stereocenters. The number of hydrogen-bond donors (Lipinski definition) is 1. The highest BCUT2D eigenvalue weighted by atomic mass is 16.2. The summed E-state index contributed by atoms with van der Waals surface area (Å²) in [6.45, 7) is 5.92. The number of carbonyl (C=O) groups is 1. The Morgan fingerprint density at radius 1 is 1.47 bits per heavy atom. The lowest BCUT2D eigenvalue weighted by Gasteiger charge is -2.26. The smallest absolute Gasteiger partial charge is 0.240 e. The van der Waals surface area contributed by atoms with E-state index in [1.54, 1.807) is 29.3 Å². The van der Waals surface area contributed by atoms with Gasteiger partial charge < -0.3 is 10.2 Å². The number of nitrogens with zero attached hydrogens (tertiary/aromatic N) is 2. The molecule has 0 radical (unpaired) electrons. The van der Waals surface area contributed by atoms with Gasteiger partial charge in [0.2, 0.25) is 5.91 Å². The van der Waals surface area contributed by atoms with E-state index < -0.39 is 0 Å². The van der Waals surface area contributed by atoms with E-state index in [0.717, 1.165) is 0 Å². The lowest BCUT2D eigenvalue weighted by molar-refractivity contribution is -0.122. The maximum atomic E-state index is 11.7. The molecule has 0 aliphatic carbocycles. The first-order chi connectivity index (χ1) is 7.92. The first-order valence-electron chi connectivity index (χ1n) is 5.37. The zero-order valence-corrected chi connectivity index (χ0v) is 10.3. The first-order valence-corrected chi connectivity index (χ1v) is 5.37. The summed E-state index contributed by atoms with van der Waals surface area (Å²) in [5.41, 5.74) is 0.339. The SMILES string of the molecule is CC(C)(C)NC(=O)CN1C=CC=C/C1=C/N=O. The molecule has 1 heterocycles. The Bertz CT molecular complexity index is 389. The van der Waals surface area contributed by atoms with E-state index in [4.69, 9.17) is 0 Å². The largest absolute Gasteiger partial charge is 0.350 e. The number of amides is 1. The van der Waals surface area contributed by atoms with Crippen LogP contribution in [0.1, 0.15) is 20.8 Å². The Morgan fingerprint density at radius 2 is 2.18 bits per heavy atom. The number of hydrogen-bond acceptors (Lipinski definition) is 4. The van der Waals surface area contributed by atoms with Gasteiger partial charge >= 0.3 is 0 Å². The molecule has 17 heavy (non-hydrogen) atoms. The molecule has 0 unspecified atom stereocenters. The Balaban J connectivity index is 2.64. The van der Waals surface area contributed by atoms with Crippen LogP contribution in [-0.4, -0.2) is 22.9 Å². The monoisotopic (exact) mass is 235 g/mol. The van der Waals surface area contributed by atoms with Crippen molar-refractivity contribution in [2.45, 2.75) is 26.3 Å². The quantitative estimate of drug-likeness (QED) is 0.760. The van der Waals surface area contributed by atoms with Gasteiger partial charge in [0.15, 0.2) is 0 Å². The molecule has 1 N–H and O–H groups in total. The molecule has 0 saturated heterocycles. The molecule has 0 saturated carbocycles. The Kier molecular flexibility index (Phi) is 4.20. The van der Waals surface area contributed by atoms with E-state index in [2.05, 4.69) is 10.5 Å². The van der Waals surface area contributed by atoms with E-state index in [-0.39, 0.29) is 18.0 Å². The second-order valence-corrected chi connectivity index (χ2v) is 4.79. The molecular formula is C12H17N3O2. The number of carbonyl (C=O) groups excluding carboxylic acids is 1. The van der Waals surface area contributed by atoms with Gasteiger partial charge in [0, 0.05) is 11.7 Å². The molecular weight excluding hydrogens is 218 g/mol. The zero-order chi connectivity index (χ0) is 12.9. The van der Waals surface area contributed by atoms with Crippen molar-refractivity contribution >= 4 is 5.91 Å². The van der Waals surface area contributed by atoms with Crippen LogP contribution >= 0.6 is 0 Å². The van der Waals surface area contributed by atoms with Gasteiger partial charge in [-0.3, -0.25) is 4.79 Å². The van der Waals surface area contributed by atoms with Crippen LogP contribution in [0.3, 0.4) is 0 Å². The maximum Gasteiger partial charge on any atom is 0.240 e. The van der Waals surface area contributed by atoms with Gasteiger partial charge in [-0.05, 0) is 38.1 Å². The average molecular weight is 235 g/mol. The summed E-state index contributed by atoms with van der Waals surface area (Å²) in [5.74, 6) is -0.103. The van der Waals surface area contributed by atoms with Crippen LogP contribution in [-0.2, 0) is 4.79 Å². The normalized spacial score (nSPS) is 17.4. The summed E-state index contributed by atoms with van der Waals surface area (Å²) in [7, 11) is 0. The molecule has 0 bridgehead atoms. The third-order valence-corrected chi connectivity index (χ3v) is 1.99. The third-order valence-electron chi connectivity index (χ3n) is 1.99. The third kappa shape index (κ3) is 4.63. The van der Waals surface area contributed by atoms with Gasteiger partial charge in [-0.15, -0.1) is 4.91 Å². The lowest BCUT2D eigenvalue weighted by atomic mass is 10.1. The van der Waals surface area contributed by atoms with Crippen molar-refractivity contribution in [1.29, 1.82) is 0 Å². The molecule has 0 aromatic carbocycles. The van der Waals surface area contributed by atoms with Crippen LogP contribution in [0, 0.1) is 4.91 Å². The van der Waals surface area contributed by atoms with Crippen molar-refractivity contribution in [2.75, 3.05) is 6.54 Å². The zero-order valence-electron chi connectivity index (χ0n) is 10.3. The summed E-state index contributed by atoms with van der Waals surface area (Å²) >= 11 is 0. The number of nitrogens with one attached hydrogen (secondary N) is 1. The molecule has 5 heteroatoms. The van der Waals surface area contributed by atoms with Crippen molar-refractivity contribution in [2.24, 2.45) is 5.18 Å². The van der Waals surface area contributed by atoms with Crippen molar-refractivity contribution in [3.63, 3.8) is 0 Å². The van der Waals surface area contributed by atoms with Crippen LogP contribution in [0.15, 0.2) is 41.5 Å². The van der Waals surface area contributed by atoms with Crippen LogP contribution < -0.4 is 5.32 Å². The minimum atomic E-state index is -0.265. The molecule has 0 fully saturated rings. The van der Waals surface area contributed by atoms with Crippen molar-refractivity contribution < 1.29 is 4.79 Å². The van der Waals surface area contributed by atoms with E-state index in [9.17, 15) is 9.70 Å². The Hall–Kier alpha value is -1.91. The van der Waals surface area contributed by atoms with Gasteiger partial charge in [0.05, 0.1) is 11.9 Å². The van der Waals surface area contributed by atoms with Crippen molar-refractivity contribution in [3.8, 4) is 0 Å². The molecule has 0 aromatic heterocycles. The summed E-state index contributed by atoms with van der Waals surface area (Å²) in [4.78, 5) is 23.6. The fourth-order valence-electron chi connectivity index (χ4n) is 1.42. The summed E-state index contributed by atoms with van der Waals surface area (Å²) in [6, 6.07) is 0. The second kappa shape index (κ2) is 5.43. The molecule has 1 amide bonds. The molecule has 5 nitrogen and oxygen atoms in total. The summed E-state index contributed by atoms with van der Waals surface area (Å²) < 4.78 is 0. The van der Waals surface area contributed by atoms with Crippen molar-refractivity contribution in [3.05, 3.63) is 41.2 Å². The molecule has 92 valence electrons. The van der Waals surface area contributed by atoms with Crippen LogP contribution in [0.2, 0.25) is 0 Å².